The van der Waals surface area contributed by atoms with E-state index in [1.807, 2.05) is 30.4 Å². The fraction of sp³-hybridized carbons (Fsp3) is 0.0976. The first kappa shape index (κ1) is 25.5. The summed E-state index contributed by atoms with van der Waals surface area (Å²) in [5.74, 6) is 0.369. The minimum atomic E-state index is -0.158. The first-order valence-corrected chi connectivity index (χ1v) is 16.0. The Balaban J connectivity index is 1.24. The predicted octanol–water partition coefficient (Wildman–Crippen LogP) is 8.83. The van der Waals surface area contributed by atoms with Crippen LogP contribution in [0.2, 0.25) is 0 Å². The van der Waals surface area contributed by atoms with Crippen molar-refractivity contribution < 1.29 is 0 Å². The number of para-hydroxylation sites is 2. The van der Waals surface area contributed by atoms with Crippen LogP contribution in [-0.4, -0.2) is 27.4 Å². The maximum atomic E-state index is 8.75. The van der Waals surface area contributed by atoms with Crippen LogP contribution in [0, 0.1) is 5.41 Å². The van der Waals surface area contributed by atoms with E-state index >= 15 is 0 Å². The molecule has 0 saturated carbocycles. The molecule has 1 saturated heterocycles. The van der Waals surface area contributed by atoms with Gasteiger partial charge < -0.3 is 25.1 Å². The van der Waals surface area contributed by atoms with Gasteiger partial charge in [-0.25, -0.2) is 0 Å². The van der Waals surface area contributed by atoms with Gasteiger partial charge in [-0.1, -0.05) is 109 Å². The molecular formula is C41H31N5. The molecule has 1 aromatic heterocycles. The lowest BCUT2D eigenvalue weighted by atomic mass is 9.74. The molecule has 1 aliphatic carbocycles. The number of nitrogens with one attached hydrogen (secondary N) is 2. The van der Waals surface area contributed by atoms with Crippen molar-refractivity contribution in [2.45, 2.75) is 18.2 Å². The molecule has 2 atom stereocenters. The molecule has 10 rings (SSSR count). The van der Waals surface area contributed by atoms with Gasteiger partial charge in [-0.15, -0.1) is 0 Å². The average molecular weight is 594 g/mol. The maximum absolute atomic E-state index is 8.75. The van der Waals surface area contributed by atoms with E-state index in [1.54, 1.807) is 0 Å². The Hall–Kier alpha value is -5.81. The van der Waals surface area contributed by atoms with Crippen LogP contribution in [0.15, 0.2) is 151 Å². The van der Waals surface area contributed by atoms with Gasteiger partial charge in [-0.2, -0.15) is 0 Å². The molecular weight excluding hydrogens is 562 g/mol. The molecule has 1 fully saturated rings. The van der Waals surface area contributed by atoms with E-state index in [9.17, 15) is 0 Å². The third-order valence-electron chi connectivity index (χ3n) is 10.4. The second-order valence-corrected chi connectivity index (χ2v) is 12.6. The molecule has 5 heteroatoms. The highest BCUT2D eigenvalue weighted by Crippen LogP contribution is 2.66. The summed E-state index contributed by atoms with van der Waals surface area (Å²) in [6.45, 7) is 1.58. The molecule has 2 N–H and O–H groups in total. The monoisotopic (exact) mass is 593 g/mol. The summed E-state index contributed by atoms with van der Waals surface area (Å²) in [7, 11) is 0. The van der Waals surface area contributed by atoms with Gasteiger partial charge in [0.25, 0.3) is 0 Å². The second kappa shape index (κ2) is 9.35. The fourth-order valence-electron chi connectivity index (χ4n) is 8.41. The van der Waals surface area contributed by atoms with Gasteiger partial charge in [0.1, 0.15) is 5.66 Å². The number of rotatable bonds is 5. The summed E-state index contributed by atoms with van der Waals surface area (Å²) in [4.78, 5) is 5.11. The van der Waals surface area contributed by atoms with Crippen LogP contribution in [0.4, 0.5) is 11.4 Å². The highest BCUT2D eigenvalue weighted by Gasteiger charge is 2.65. The van der Waals surface area contributed by atoms with Crippen molar-refractivity contribution in [2.24, 2.45) is 0 Å². The van der Waals surface area contributed by atoms with Crippen LogP contribution in [0.25, 0.3) is 38.3 Å². The minimum Gasteiger partial charge on any atom is -0.366 e. The molecule has 0 amide bonds. The highest BCUT2D eigenvalue weighted by atomic mass is 15.5. The van der Waals surface area contributed by atoms with Crippen molar-refractivity contribution in [1.82, 2.24) is 14.8 Å². The smallest absolute Gasteiger partial charge is 0.147 e. The highest BCUT2D eigenvalue weighted by molar-refractivity contribution is 6.24. The van der Waals surface area contributed by atoms with Gasteiger partial charge in [-0.05, 0) is 41.5 Å². The van der Waals surface area contributed by atoms with Gasteiger partial charge in [0, 0.05) is 45.6 Å². The van der Waals surface area contributed by atoms with Gasteiger partial charge in [0.15, 0.2) is 0 Å². The second-order valence-electron chi connectivity index (χ2n) is 12.6. The summed E-state index contributed by atoms with van der Waals surface area (Å²) in [6.07, 6.45) is 12.5. The lowest BCUT2D eigenvalue weighted by molar-refractivity contribution is 0.0279. The fourth-order valence-corrected chi connectivity index (χ4v) is 8.41. The van der Waals surface area contributed by atoms with E-state index in [-0.39, 0.29) is 5.66 Å². The van der Waals surface area contributed by atoms with E-state index in [2.05, 4.69) is 135 Å². The number of hydrogen-bond acceptors (Lipinski definition) is 4. The summed E-state index contributed by atoms with van der Waals surface area (Å²) >= 11 is 0. The normalized spacial score (nSPS) is 21.7. The Morgan fingerprint density at radius 1 is 0.783 bits per heavy atom. The molecule has 46 heavy (non-hydrogen) atoms. The van der Waals surface area contributed by atoms with Gasteiger partial charge in [0.2, 0.25) is 0 Å². The summed E-state index contributed by atoms with van der Waals surface area (Å²) in [6, 6.07) is 39.2. The molecule has 6 aromatic rings. The Bertz CT molecular complexity index is 2380. The Labute approximate surface area is 267 Å². The first-order chi connectivity index (χ1) is 22.8. The summed E-state index contributed by atoms with van der Waals surface area (Å²) in [5, 5.41) is 17.8. The van der Waals surface area contributed by atoms with Crippen LogP contribution in [0.1, 0.15) is 17.0 Å². The van der Waals surface area contributed by atoms with Gasteiger partial charge >= 0.3 is 0 Å². The van der Waals surface area contributed by atoms with Crippen molar-refractivity contribution >= 4 is 55.4 Å². The van der Waals surface area contributed by atoms with Crippen LogP contribution in [-0.2, 0) is 6.67 Å². The Morgan fingerprint density at radius 3 is 2.22 bits per heavy atom. The van der Waals surface area contributed by atoms with Crippen molar-refractivity contribution in [3.63, 3.8) is 0 Å². The van der Waals surface area contributed by atoms with E-state index in [1.165, 1.54) is 49.5 Å². The minimum absolute atomic E-state index is 0.158. The van der Waals surface area contributed by atoms with E-state index in [0.29, 0.717) is 18.3 Å². The van der Waals surface area contributed by atoms with E-state index < -0.39 is 0 Å². The van der Waals surface area contributed by atoms with Crippen molar-refractivity contribution in [2.75, 3.05) is 11.4 Å². The first-order valence-electron chi connectivity index (χ1n) is 16.0. The number of allylic oxidation sites excluding steroid dienone is 5. The number of fused-ring (bicyclic) bond motifs is 9. The lowest BCUT2D eigenvalue weighted by Gasteiger charge is -2.62. The van der Waals surface area contributed by atoms with Crippen LogP contribution in [0.5, 0.6) is 0 Å². The van der Waals surface area contributed by atoms with Crippen LogP contribution < -0.4 is 10.2 Å². The Morgan fingerprint density at radius 2 is 1.48 bits per heavy atom. The third kappa shape index (κ3) is 3.21. The largest absolute Gasteiger partial charge is 0.366 e. The zero-order valence-corrected chi connectivity index (χ0v) is 25.2. The molecule has 5 aromatic carbocycles. The molecule has 1 spiro atoms. The lowest BCUT2D eigenvalue weighted by Crippen LogP contribution is -2.71. The number of benzene rings is 5. The number of aromatic nitrogens is 1. The van der Waals surface area contributed by atoms with Crippen molar-refractivity contribution in [3.05, 3.63) is 162 Å². The predicted molar refractivity (Wildman–Crippen MR) is 189 cm³/mol. The zero-order valence-electron chi connectivity index (χ0n) is 25.2. The third-order valence-corrected chi connectivity index (χ3v) is 10.4. The topological polar surface area (TPSA) is 47.3 Å². The van der Waals surface area contributed by atoms with E-state index in [0.717, 1.165) is 23.4 Å². The molecule has 4 aliphatic rings. The molecule has 5 nitrogen and oxygen atoms in total. The van der Waals surface area contributed by atoms with E-state index in [4.69, 9.17) is 5.41 Å². The molecule has 0 radical (unpaired) electrons. The standard InChI is InChI=1S/C41H31N5/c42-34-21-11-9-19-31(34)38(27-13-3-1-4-14-27)43-26-45-35-22-12-10-20-32(35)36-37-33-25-44-24-23-41(33,44)46(28-15-5-2-6-16-28)40(37)30-18-8-7-17-29(30)39(36)45/h1-24,33,42-43H,25-26H2/b38-31-,42-34?. The number of hydrogen-bond donors (Lipinski definition) is 2. The number of anilines is 2. The quantitative estimate of drug-likeness (QED) is 0.210. The summed E-state index contributed by atoms with van der Waals surface area (Å²) in [5.41, 5.74) is 9.77. The zero-order chi connectivity index (χ0) is 30.4. The molecule has 220 valence electrons. The van der Waals surface area contributed by atoms with Crippen LogP contribution in [0.3, 0.4) is 0 Å². The van der Waals surface area contributed by atoms with Gasteiger partial charge in [-0.3, -0.25) is 0 Å². The van der Waals surface area contributed by atoms with Crippen molar-refractivity contribution in [1.29, 1.82) is 5.41 Å². The maximum Gasteiger partial charge on any atom is 0.147 e. The summed E-state index contributed by atoms with van der Waals surface area (Å²) < 4.78 is 2.47. The molecule has 4 heterocycles. The van der Waals surface area contributed by atoms with Crippen molar-refractivity contribution in [3.8, 4) is 0 Å². The molecule has 2 unspecified atom stereocenters. The molecule has 3 aliphatic heterocycles. The average Bonchev–Trinajstić information content (AvgIpc) is 3.59. The molecule has 0 bridgehead atoms. The van der Waals surface area contributed by atoms with Gasteiger partial charge in [0.05, 0.1) is 40.7 Å². The van der Waals surface area contributed by atoms with Crippen LogP contribution >= 0.6 is 0 Å². The SMILES string of the molecule is N=C1C=CC=C/C1=C(/NCn1c2ccccc2c2c3c(c4ccccc4c21)N(c1ccccc1)C12C=CN1CC32)c1ccccc1. The number of nitrogens with zero attached hydrogens (tertiary/aromatic N) is 3. The Kier molecular flexibility index (Phi) is 5.18.